The molecule has 0 aliphatic rings. The van der Waals surface area contributed by atoms with E-state index in [1.807, 2.05) is 20.8 Å². The fourth-order valence-electron chi connectivity index (χ4n) is 4.12. The van der Waals surface area contributed by atoms with Gasteiger partial charge in [-0.15, -0.1) is 0 Å². The van der Waals surface area contributed by atoms with Gasteiger partial charge >= 0.3 is 6.03 Å². The van der Waals surface area contributed by atoms with Crippen LogP contribution < -0.4 is 21.1 Å². The first kappa shape index (κ1) is 27.5. The van der Waals surface area contributed by atoms with Gasteiger partial charge < -0.3 is 16.2 Å². The molecule has 2 heterocycles. The largest absolute Gasteiger partial charge is 0.457 e. The summed E-state index contributed by atoms with van der Waals surface area (Å²) in [6.07, 6.45) is 1.37. The molecule has 0 radical (unpaired) electrons. The van der Waals surface area contributed by atoms with Crippen LogP contribution in [0, 0.1) is 18.6 Å². The van der Waals surface area contributed by atoms with Gasteiger partial charge in [-0.05, 0) is 37.3 Å². The molecule has 3 amide bonds. The number of hydrogen-bond donors (Lipinski definition) is 2. The Balaban J connectivity index is 1.84. The number of ether oxygens (including phenoxy) is 1. The van der Waals surface area contributed by atoms with Gasteiger partial charge in [-0.2, -0.15) is 5.10 Å². The number of nitrogens with two attached hydrogens (primary N) is 2. The molecule has 9 nitrogen and oxygen atoms in total. The van der Waals surface area contributed by atoms with Gasteiger partial charge in [-0.25, -0.2) is 23.2 Å². The van der Waals surface area contributed by atoms with Gasteiger partial charge in [0.25, 0.3) is 5.91 Å². The molecular weight excluding hydrogens is 530 g/mol. The molecule has 4 N–H and O–H groups in total. The highest BCUT2D eigenvalue weighted by Crippen LogP contribution is 2.40. The summed E-state index contributed by atoms with van der Waals surface area (Å²) in [6.45, 7) is 7.48. The minimum absolute atomic E-state index is 0.0160. The number of halogens is 3. The predicted octanol–water partition coefficient (Wildman–Crippen LogP) is 5.91. The van der Waals surface area contributed by atoms with E-state index in [0.29, 0.717) is 11.3 Å². The van der Waals surface area contributed by atoms with E-state index in [-0.39, 0.29) is 39.4 Å². The van der Waals surface area contributed by atoms with Crippen molar-refractivity contribution in [2.45, 2.75) is 33.1 Å². The van der Waals surface area contributed by atoms with Crippen LogP contribution in [0.3, 0.4) is 0 Å². The number of anilines is 2. The lowest BCUT2D eigenvalue weighted by atomic mass is 9.89. The van der Waals surface area contributed by atoms with E-state index in [4.69, 9.17) is 27.8 Å². The second-order valence-electron chi connectivity index (χ2n) is 9.72. The van der Waals surface area contributed by atoms with Gasteiger partial charge in [0.15, 0.2) is 0 Å². The smallest absolute Gasteiger partial charge is 0.325 e. The fourth-order valence-corrected chi connectivity index (χ4v) is 4.37. The number of aromatic nitrogens is 3. The van der Waals surface area contributed by atoms with Crippen LogP contribution in [0.15, 0.2) is 54.7 Å². The van der Waals surface area contributed by atoms with Gasteiger partial charge in [-0.1, -0.05) is 32.4 Å². The van der Waals surface area contributed by atoms with Gasteiger partial charge in [0, 0.05) is 35.4 Å². The second-order valence-corrected chi connectivity index (χ2v) is 10.1. The lowest BCUT2D eigenvalue weighted by molar-refractivity contribution is 0.0995. The summed E-state index contributed by atoms with van der Waals surface area (Å²) < 4.78 is 35.4. The van der Waals surface area contributed by atoms with Crippen molar-refractivity contribution in [3.63, 3.8) is 0 Å². The number of pyridine rings is 1. The van der Waals surface area contributed by atoms with Crippen molar-refractivity contribution in [3.05, 3.63) is 88.3 Å². The molecule has 2 aromatic heterocycles. The van der Waals surface area contributed by atoms with E-state index in [9.17, 15) is 18.4 Å². The van der Waals surface area contributed by atoms with Gasteiger partial charge in [-0.3, -0.25) is 9.78 Å². The normalized spacial score (nSPS) is 11.4. The SMILES string of the molecule is Cc1c(C(C)(C)C)nn(-c2cc(F)cc(F)c2)c1N(C(N)=O)c1ccc(Oc2ccnc(C(N)=O)c2)cc1Cl. The first-order valence-electron chi connectivity index (χ1n) is 11.7. The lowest BCUT2D eigenvalue weighted by Gasteiger charge is -2.24. The zero-order valence-corrected chi connectivity index (χ0v) is 22.3. The van der Waals surface area contributed by atoms with E-state index in [1.54, 1.807) is 6.92 Å². The zero-order chi connectivity index (χ0) is 28.6. The summed E-state index contributed by atoms with van der Waals surface area (Å²) in [5, 5.41) is 4.68. The molecule has 0 spiro atoms. The molecule has 202 valence electrons. The number of hydrogen-bond acceptors (Lipinski definition) is 5. The molecule has 0 saturated carbocycles. The lowest BCUT2D eigenvalue weighted by Crippen LogP contribution is -2.33. The molecule has 0 fully saturated rings. The molecule has 0 saturated heterocycles. The number of primary amides is 2. The van der Waals surface area contributed by atoms with Gasteiger partial charge in [0.2, 0.25) is 0 Å². The van der Waals surface area contributed by atoms with E-state index < -0.39 is 29.0 Å². The Labute approximate surface area is 227 Å². The molecular formula is C27H25ClF2N6O3. The Morgan fingerprint density at radius 2 is 1.64 bits per heavy atom. The van der Waals surface area contributed by atoms with Crippen LogP contribution in [0.2, 0.25) is 5.02 Å². The molecule has 12 heteroatoms. The average Bonchev–Trinajstić information content (AvgIpc) is 3.17. The number of benzene rings is 2. The number of nitrogens with zero attached hydrogens (tertiary/aromatic N) is 4. The summed E-state index contributed by atoms with van der Waals surface area (Å²) in [4.78, 5) is 29.3. The average molecular weight is 555 g/mol. The van der Waals surface area contributed by atoms with Crippen molar-refractivity contribution < 1.29 is 23.1 Å². The van der Waals surface area contributed by atoms with Crippen LogP contribution >= 0.6 is 11.6 Å². The predicted molar refractivity (Wildman–Crippen MR) is 143 cm³/mol. The topological polar surface area (TPSA) is 129 Å². The van der Waals surface area contributed by atoms with Crippen molar-refractivity contribution in [1.82, 2.24) is 14.8 Å². The Hall–Kier alpha value is -4.51. The highest BCUT2D eigenvalue weighted by molar-refractivity contribution is 6.34. The summed E-state index contributed by atoms with van der Waals surface area (Å²) >= 11 is 6.60. The van der Waals surface area contributed by atoms with Crippen LogP contribution in [0.25, 0.3) is 5.69 Å². The van der Waals surface area contributed by atoms with E-state index >= 15 is 0 Å². The van der Waals surface area contributed by atoms with Crippen molar-refractivity contribution in [2.75, 3.05) is 4.90 Å². The molecule has 0 aliphatic heterocycles. The summed E-state index contributed by atoms with van der Waals surface area (Å²) in [5.74, 6) is -1.63. The number of urea groups is 1. The zero-order valence-electron chi connectivity index (χ0n) is 21.5. The van der Waals surface area contributed by atoms with E-state index in [1.165, 1.54) is 41.2 Å². The van der Waals surface area contributed by atoms with Crippen molar-refractivity contribution >= 4 is 35.0 Å². The summed E-state index contributed by atoms with van der Waals surface area (Å²) in [5.41, 5.74) is 12.0. The molecule has 4 aromatic rings. The van der Waals surface area contributed by atoms with Crippen LogP contribution in [0.1, 0.15) is 42.5 Å². The molecule has 0 aliphatic carbocycles. The Morgan fingerprint density at radius 1 is 1.00 bits per heavy atom. The second kappa shape index (κ2) is 10.3. The Kier molecular flexibility index (Phi) is 7.29. The molecule has 39 heavy (non-hydrogen) atoms. The van der Waals surface area contributed by atoms with Gasteiger partial charge in [0.1, 0.15) is 34.6 Å². The van der Waals surface area contributed by atoms with Crippen molar-refractivity contribution in [3.8, 4) is 17.2 Å². The van der Waals surface area contributed by atoms with Crippen LogP contribution in [-0.4, -0.2) is 26.7 Å². The first-order valence-corrected chi connectivity index (χ1v) is 12.0. The van der Waals surface area contributed by atoms with Crippen LogP contribution in [0.4, 0.5) is 25.1 Å². The maximum atomic E-state index is 14.2. The molecule has 0 atom stereocenters. The molecule has 0 bridgehead atoms. The highest BCUT2D eigenvalue weighted by Gasteiger charge is 2.31. The fraction of sp³-hybridized carbons (Fsp3) is 0.185. The first-order chi connectivity index (χ1) is 18.3. The number of carbonyl (C=O) groups excluding carboxylic acids is 2. The summed E-state index contributed by atoms with van der Waals surface area (Å²) in [6, 6.07) is 9.39. The highest BCUT2D eigenvalue weighted by atomic mass is 35.5. The number of carbonyl (C=O) groups is 2. The summed E-state index contributed by atoms with van der Waals surface area (Å²) in [7, 11) is 0. The minimum Gasteiger partial charge on any atom is -0.457 e. The van der Waals surface area contributed by atoms with Gasteiger partial charge in [0.05, 0.1) is 22.1 Å². The molecule has 2 aromatic carbocycles. The number of amides is 3. The van der Waals surface area contributed by atoms with E-state index in [0.717, 1.165) is 23.1 Å². The van der Waals surface area contributed by atoms with E-state index in [2.05, 4.69) is 10.1 Å². The maximum Gasteiger partial charge on any atom is 0.325 e. The van der Waals surface area contributed by atoms with Crippen LogP contribution in [-0.2, 0) is 5.41 Å². The van der Waals surface area contributed by atoms with Crippen LogP contribution in [0.5, 0.6) is 11.5 Å². The monoisotopic (exact) mass is 554 g/mol. The number of rotatable bonds is 6. The third-order valence-electron chi connectivity index (χ3n) is 5.71. The minimum atomic E-state index is -0.910. The third-order valence-corrected chi connectivity index (χ3v) is 6.01. The van der Waals surface area contributed by atoms with Crippen molar-refractivity contribution in [2.24, 2.45) is 11.5 Å². The standard InChI is InChI=1S/C27H25ClF2N6O3/c1-14-23(27(2,3)4)34-36(17-10-15(29)9-16(30)11-17)25(14)35(26(32)38)22-6-5-18(12-20(22)28)39-19-7-8-33-21(13-19)24(31)37/h5-13H,1-4H3,(H2,31,37)(H2,32,38). The van der Waals surface area contributed by atoms with Crippen molar-refractivity contribution in [1.29, 1.82) is 0 Å². The quantitative estimate of drug-likeness (QED) is 0.306. The molecule has 4 rings (SSSR count). The maximum absolute atomic E-state index is 14.2. The third kappa shape index (κ3) is 5.68. The Morgan fingerprint density at radius 3 is 2.21 bits per heavy atom. The molecule has 0 unspecified atom stereocenters. The Bertz CT molecular complexity index is 1580.